The lowest BCUT2D eigenvalue weighted by molar-refractivity contribution is -0.135. The number of hydrogen-bond donors (Lipinski definition) is 6. The number of carbonyl (C=O) groups is 1. The Hall–Kier alpha value is -1.37. The van der Waals surface area contributed by atoms with Crippen LogP contribution in [0.1, 0.15) is 177 Å². The van der Waals surface area contributed by atoms with E-state index in [0.717, 1.165) is 104 Å². The predicted octanol–water partition coefficient (Wildman–Crippen LogP) is 9.80. The average molecular weight is 1390 g/mol. The largest absolute Gasteiger partial charge is 0.396 e. The van der Waals surface area contributed by atoms with Gasteiger partial charge in [-0.15, -0.1) is 0 Å². The molecule has 0 spiro atoms. The Morgan fingerprint density at radius 2 is 0.832 bits per heavy atom. The first-order valence-corrected chi connectivity index (χ1v) is 34.8. The lowest BCUT2D eigenvalue weighted by Crippen LogP contribution is -2.46. The van der Waals surface area contributed by atoms with Crippen LogP contribution in [0.4, 0.5) is 0 Å². The Balaban J connectivity index is -0.000000165. The second kappa shape index (κ2) is 92.6. The Morgan fingerprint density at radius 3 is 1.25 bits per heavy atom. The monoisotopic (exact) mass is 1390 g/mol. The Bertz CT molecular complexity index is 1280. The summed E-state index contributed by atoms with van der Waals surface area (Å²) in [6.07, 6.45) is 24.1. The highest BCUT2D eigenvalue weighted by Crippen LogP contribution is 2.32. The van der Waals surface area contributed by atoms with E-state index in [0.29, 0.717) is 130 Å². The molecule has 2 atom stereocenters. The molecule has 0 aromatic heterocycles. The summed E-state index contributed by atoms with van der Waals surface area (Å²) in [6, 6.07) is 0. The SMILES string of the molecule is C.C.C.CCCCCCCCOC.CCCCCOCC(COC)OC.CNCC(COC)OC.CNCCCCC(COC)COC.CNCCCCCC(=O)N1CCC(COC)(COC)CC1.COCCCOCC(COCCCO)(COCCCO)COCCCO. The van der Waals surface area contributed by atoms with Gasteiger partial charge in [-0.05, 0) is 111 Å². The maximum atomic E-state index is 12.2. The van der Waals surface area contributed by atoms with Gasteiger partial charge < -0.3 is 107 Å². The molecule has 23 heteroatoms. The summed E-state index contributed by atoms with van der Waals surface area (Å²) in [6.45, 7) is 20.2. The van der Waals surface area contributed by atoms with E-state index in [1.807, 2.05) is 26.0 Å². The molecule has 0 saturated carbocycles. The smallest absolute Gasteiger partial charge is 0.222 e. The van der Waals surface area contributed by atoms with Crippen molar-refractivity contribution in [2.75, 3.05) is 264 Å². The molecule has 0 bridgehead atoms. The van der Waals surface area contributed by atoms with E-state index >= 15 is 0 Å². The van der Waals surface area contributed by atoms with Gasteiger partial charge >= 0.3 is 0 Å². The zero-order chi connectivity index (χ0) is 69.6. The molecule has 0 aromatic rings. The maximum Gasteiger partial charge on any atom is 0.222 e. The molecule has 1 saturated heterocycles. The van der Waals surface area contributed by atoms with E-state index < -0.39 is 5.41 Å². The van der Waals surface area contributed by atoms with Crippen molar-refractivity contribution in [2.24, 2.45) is 16.7 Å². The van der Waals surface area contributed by atoms with Crippen molar-refractivity contribution < 1.29 is 91.2 Å². The third-order valence-electron chi connectivity index (χ3n) is 14.8. The molecule has 1 fully saturated rings. The fourth-order valence-electron chi connectivity index (χ4n) is 9.41. The summed E-state index contributed by atoms with van der Waals surface area (Å²) in [5.74, 6) is 0.870. The number of piperidine rings is 1. The predicted molar refractivity (Wildman–Crippen MR) is 392 cm³/mol. The lowest BCUT2D eigenvalue weighted by atomic mass is 9.79. The van der Waals surface area contributed by atoms with Crippen LogP contribution in [0, 0.1) is 16.7 Å². The third kappa shape index (κ3) is 79.8. The van der Waals surface area contributed by atoms with Crippen molar-refractivity contribution in [1.82, 2.24) is 20.9 Å². The number of hydrogen-bond acceptors (Lipinski definition) is 22. The van der Waals surface area contributed by atoms with Gasteiger partial charge in [0.25, 0.3) is 0 Å². The highest BCUT2D eigenvalue weighted by atomic mass is 16.6. The number of methoxy groups -OCH3 is 10. The molecule has 0 radical (unpaired) electrons. The molecule has 95 heavy (non-hydrogen) atoms. The maximum absolute atomic E-state index is 12.2. The van der Waals surface area contributed by atoms with Crippen LogP contribution in [0.25, 0.3) is 0 Å². The van der Waals surface area contributed by atoms with Crippen LogP contribution in [0.3, 0.4) is 0 Å². The van der Waals surface area contributed by atoms with Crippen molar-refractivity contribution in [1.29, 1.82) is 0 Å². The first kappa shape index (κ1) is 110. The number of ether oxygens (including phenoxy) is 15. The van der Waals surface area contributed by atoms with E-state index in [2.05, 4.69) is 29.8 Å². The number of rotatable bonds is 61. The Morgan fingerprint density at radius 1 is 0.432 bits per heavy atom. The third-order valence-corrected chi connectivity index (χ3v) is 14.8. The summed E-state index contributed by atoms with van der Waals surface area (Å²) in [7, 11) is 22.9. The van der Waals surface area contributed by atoms with Crippen molar-refractivity contribution in [3.8, 4) is 0 Å². The van der Waals surface area contributed by atoms with Crippen LogP contribution in [0.5, 0.6) is 0 Å². The molecule has 1 aliphatic heterocycles. The van der Waals surface area contributed by atoms with Crippen molar-refractivity contribution in [3.05, 3.63) is 0 Å². The number of likely N-dealkylation sites (N-methyl/N-ethyl adjacent to an activating group) is 1. The van der Waals surface area contributed by atoms with Crippen LogP contribution < -0.4 is 16.0 Å². The summed E-state index contributed by atoms with van der Waals surface area (Å²) < 4.78 is 79.3. The number of unbranched alkanes of at least 4 members (excludes halogenated alkanes) is 10. The molecular weight excluding hydrogens is 1220 g/mol. The highest BCUT2D eigenvalue weighted by Gasteiger charge is 2.36. The van der Waals surface area contributed by atoms with Crippen molar-refractivity contribution in [2.45, 2.75) is 190 Å². The van der Waals surface area contributed by atoms with Gasteiger partial charge in [0, 0.05) is 175 Å². The fourth-order valence-corrected chi connectivity index (χ4v) is 9.41. The number of nitrogens with one attached hydrogen (secondary N) is 3. The summed E-state index contributed by atoms with van der Waals surface area (Å²) in [5.41, 5.74) is -0.388. The number of amides is 1. The minimum absolute atomic E-state index is 0. The molecule has 1 amide bonds. The minimum Gasteiger partial charge on any atom is -0.396 e. The number of nitrogens with zero attached hydrogens (tertiary/aromatic N) is 1. The summed E-state index contributed by atoms with van der Waals surface area (Å²) in [4.78, 5) is 14.2. The molecule has 6 N–H and O–H groups in total. The quantitative estimate of drug-likeness (QED) is 0.0310. The zero-order valence-electron chi connectivity index (χ0n) is 62.0. The molecule has 1 aliphatic rings. The number of aliphatic hydroxyl groups excluding tert-OH is 3. The van der Waals surface area contributed by atoms with Gasteiger partial charge in [-0.2, -0.15) is 0 Å². The molecular formula is C72H162N4O19. The van der Waals surface area contributed by atoms with Gasteiger partial charge in [-0.1, -0.05) is 93.9 Å². The molecule has 2 unspecified atom stereocenters. The van der Waals surface area contributed by atoms with Crippen LogP contribution in [0.15, 0.2) is 0 Å². The van der Waals surface area contributed by atoms with E-state index in [1.54, 1.807) is 71.1 Å². The highest BCUT2D eigenvalue weighted by molar-refractivity contribution is 5.76. The summed E-state index contributed by atoms with van der Waals surface area (Å²) >= 11 is 0. The first-order chi connectivity index (χ1) is 44.9. The Kier molecular flexibility index (Phi) is 107. The number of likely N-dealkylation sites (tertiary alicyclic amines) is 1. The van der Waals surface area contributed by atoms with E-state index in [1.165, 1.54) is 70.6 Å². The second-order valence-electron chi connectivity index (χ2n) is 23.6. The summed E-state index contributed by atoms with van der Waals surface area (Å²) in [5, 5.41) is 36.0. The van der Waals surface area contributed by atoms with Crippen molar-refractivity contribution >= 4 is 5.91 Å². The molecule has 0 aliphatic carbocycles. The number of aliphatic hydroxyl groups is 3. The van der Waals surface area contributed by atoms with E-state index in [4.69, 9.17) is 86.4 Å². The van der Waals surface area contributed by atoms with Gasteiger partial charge in [-0.3, -0.25) is 4.79 Å². The van der Waals surface area contributed by atoms with Gasteiger partial charge in [0.2, 0.25) is 5.91 Å². The molecule has 584 valence electrons. The lowest BCUT2D eigenvalue weighted by Gasteiger charge is -2.41. The van der Waals surface area contributed by atoms with Gasteiger partial charge in [-0.25, -0.2) is 0 Å². The van der Waals surface area contributed by atoms with Crippen molar-refractivity contribution in [3.63, 3.8) is 0 Å². The molecule has 1 rings (SSSR count). The second-order valence-corrected chi connectivity index (χ2v) is 23.6. The zero-order valence-corrected chi connectivity index (χ0v) is 62.0. The standard InChI is InChI=1S/C18H38O8.C16H32N2O3.C10H23NO2.C10H22O3.C9H20O.C6H15NO2.3CH4/c1-22-9-5-13-26-17-18(14-23-10-2-6-19,15-24-11-3-7-20)16-25-12-4-8-21;1-17-10-6-4-5-7-15(19)18-11-8-16(9-12-18,13-20-2)14-21-3;1-11-7-5-4-6-10(8-12-2)9-13-3;1-4-5-6-7-13-9-10(12-3)8-11-2;1-3-4-5-6-7-8-9-10-2;1-7-4-6(9-3)5-8-2;;;/h19-21H,2-17H2,1H3;17H,4-14H2,1-3H3;10-11H,4-9H2,1-3H3;10H,4-9H2,1-3H3;3-9H2,1-2H3;6-7H,4-5H2,1-3H3;3*1H4. The topological polar surface area (TPSA) is 256 Å². The first-order valence-electron chi connectivity index (χ1n) is 34.8. The minimum atomic E-state index is -0.479. The van der Waals surface area contributed by atoms with E-state index in [9.17, 15) is 4.79 Å². The van der Waals surface area contributed by atoms with Gasteiger partial charge in [0.15, 0.2) is 0 Å². The van der Waals surface area contributed by atoms with E-state index in [-0.39, 0.29) is 59.7 Å². The molecule has 1 heterocycles. The Labute approximate surface area is 585 Å². The average Bonchev–Trinajstić information content (AvgIpc) is 0.927. The van der Waals surface area contributed by atoms with Gasteiger partial charge in [0.1, 0.15) is 6.10 Å². The van der Waals surface area contributed by atoms with Crippen LogP contribution in [-0.2, 0) is 75.8 Å². The van der Waals surface area contributed by atoms with Crippen LogP contribution >= 0.6 is 0 Å². The van der Waals surface area contributed by atoms with Gasteiger partial charge in [0.05, 0.1) is 84.2 Å². The number of carbonyl (C=O) groups excluding carboxylic acids is 1. The fraction of sp³-hybridized carbons (Fsp3) is 0.986. The normalized spacial score (nSPS) is 12.9. The van der Waals surface area contributed by atoms with Crippen LogP contribution in [0.2, 0.25) is 0 Å². The van der Waals surface area contributed by atoms with Crippen LogP contribution in [-0.4, -0.2) is 302 Å². The molecule has 23 nitrogen and oxygen atoms in total. The molecule has 0 aromatic carbocycles.